The number of amides is 1. The number of hydrogen-bond donors (Lipinski definition) is 1. The molecule has 0 fully saturated rings. The fraction of sp³-hybridized carbons (Fsp3) is 0.0625. The number of ether oxygens (including phenoxy) is 1. The number of esters is 1. The Balaban J connectivity index is 1.82. The number of carbonyl (C=O) groups excluding carboxylic acids is 2. The molecular formula is C16H12F2N2O3. The topological polar surface area (TPSA) is 68.3 Å². The van der Waals surface area contributed by atoms with E-state index >= 15 is 0 Å². The second kappa shape index (κ2) is 7.79. The number of anilines is 1. The van der Waals surface area contributed by atoms with Crippen LogP contribution in [0.2, 0.25) is 0 Å². The number of hydrogen-bond acceptors (Lipinski definition) is 4. The second-order valence-corrected chi connectivity index (χ2v) is 4.37. The van der Waals surface area contributed by atoms with Crippen LogP contribution in [0.3, 0.4) is 0 Å². The number of nitrogens with zero attached hydrogens (tertiary/aromatic N) is 1. The lowest BCUT2D eigenvalue weighted by Crippen LogP contribution is -2.20. The van der Waals surface area contributed by atoms with Crippen LogP contribution in [0.4, 0.5) is 14.5 Å². The van der Waals surface area contributed by atoms with Crippen molar-refractivity contribution in [2.24, 2.45) is 0 Å². The van der Waals surface area contributed by atoms with Crippen LogP contribution in [0.5, 0.6) is 0 Å². The van der Waals surface area contributed by atoms with Gasteiger partial charge in [0, 0.05) is 18.3 Å². The Morgan fingerprint density at radius 1 is 1.22 bits per heavy atom. The van der Waals surface area contributed by atoms with Crippen molar-refractivity contribution in [3.05, 3.63) is 66.0 Å². The Hall–Kier alpha value is -3.09. The van der Waals surface area contributed by atoms with E-state index in [0.29, 0.717) is 11.8 Å². The third-order valence-electron chi connectivity index (χ3n) is 2.63. The van der Waals surface area contributed by atoms with Gasteiger partial charge in [0.05, 0.1) is 11.4 Å². The summed E-state index contributed by atoms with van der Waals surface area (Å²) in [6.07, 6.45) is 4.11. The standard InChI is InChI=1S/C16H12F2N2O3/c17-11-4-6-14(13(18)9-11)20-15(21)10-23-16(22)7-5-12-3-1-2-8-19-12/h1-9H,10H2,(H,20,21). The fourth-order valence-electron chi connectivity index (χ4n) is 1.59. The van der Waals surface area contributed by atoms with E-state index in [1.807, 2.05) is 0 Å². The van der Waals surface area contributed by atoms with Gasteiger partial charge in [-0.1, -0.05) is 6.07 Å². The molecule has 0 spiro atoms. The number of nitrogens with one attached hydrogen (secondary N) is 1. The van der Waals surface area contributed by atoms with Gasteiger partial charge < -0.3 is 10.1 Å². The molecule has 1 heterocycles. The van der Waals surface area contributed by atoms with Crippen LogP contribution >= 0.6 is 0 Å². The van der Waals surface area contributed by atoms with Crippen LogP contribution in [0, 0.1) is 11.6 Å². The molecule has 118 valence electrons. The average Bonchev–Trinajstić information content (AvgIpc) is 2.54. The smallest absolute Gasteiger partial charge is 0.331 e. The Morgan fingerprint density at radius 2 is 2.04 bits per heavy atom. The largest absolute Gasteiger partial charge is 0.452 e. The first-order valence-corrected chi connectivity index (χ1v) is 6.55. The molecule has 0 saturated carbocycles. The summed E-state index contributed by atoms with van der Waals surface area (Å²) in [6, 6.07) is 7.88. The minimum absolute atomic E-state index is 0.198. The van der Waals surface area contributed by atoms with E-state index in [-0.39, 0.29) is 5.69 Å². The molecule has 0 aliphatic heterocycles. The molecule has 7 heteroatoms. The first-order valence-electron chi connectivity index (χ1n) is 6.55. The van der Waals surface area contributed by atoms with Crippen molar-refractivity contribution < 1.29 is 23.1 Å². The number of pyridine rings is 1. The molecular weight excluding hydrogens is 306 g/mol. The van der Waals surface area contributed by atoms with Gasteiger partial charge in [-0.2, -0.15) is 0 Å². The van der Waals surface area contributed by atoms with E-state index in [1.54, 1.807) is 24.4 Å². The van der Waals surface area contributed by atoms with Crippen LogP contribution < -0.4 is 5.32 Å². The monoisotopic (exact) mass is 318 g/mol. The first kappa shape index (κ1) is 16.3. The van der Waals surface area contributed by atoms with E-state index in [1.165, 1.54) is 6.08 Å². The number of benzene rings is 1. The zero-order chi connectivity index (χ0) is 16.7. The van der Waals surface area contributed by atoms with E-state index in [4.69, 9.17) is 4.74 Å². The molecule has 1 aromatic carbocycles. The summed E-state index contributed by atoms with van der Waals surface area (Å²) in [7, 11) is 0. The highest BCUT2D eigenvalue weighted by atomic mass is 19.1. The second-order valence-electron chi connectivity index (χ2n) is 4.37. The maximum atomic E-state index is 13.3. The predicted octanol–water partition coefficient (Wildman–Crippen LogP) is 2.55. The minimum atomic E-state index is -0.917. The fourth-order valence-corrected chi connectivity index (χ4v) is 1.59. The van der Waals surface area contributed by atoms with Crippen LogP contribution in [0.1, 0.15) is 5.69 Å². The molecule has 23 heavy (non-hydrogen) atoms. The number of aromatic nitrogens is 1. The van der Waals surface area contributed by atoms with Gasteiger partial charge in [-0.15, -0.1) is 0 Å². The van der Waals surface area contributed by atoms with Crippen molar-refractivity contribution in [1.82, 2.24) is 4.98 Å². The number of rotatable bonds is 5. The maximum absolute atomic E-state index is 13.3. The van der Waals surface area contributed by atoms with Gasteiger partial charge in [-0.05, 0) is 30.3 Å². The van der Waals surface area contributed by atoms with E-state index in [2.05, 4.69) is 10.3 Å². The zero-order valence-electron chi connectivity index (χ0n) is 11.8. The van der Waals surface area contributed by atoms with Crippen molar-refractivity contribution in [3.8, 4) is 0 Å². The van der Waals surface area contributed by atoms with Gasteiger partial charge in [0.1, 0.15) is 11.6 Å². The summed E-state index contributed by atoms with van der Waals surface area (Å²) < 4.78 is 30.8. The molecule has 0 atom stereocenters. The molecule has 0 bridgehead atoms. The summed E-state index contributed by atoms with van der Waals surface area (Å²) in [4.78, 5) is 27.0. The molecule has 5 nitrogen and oxygen atoms in total. The third-order valence-corrected chi connectivity index (χ3v) is 2.63. The van der Waals surface area contributed by atoms with E-state index in [0.717, 1.165) is 18.2 Å². The Morgan fingerprint density at radius 3 is 2.74 bits per heavy atom. The average molecular weight is 318 g/mol. The highest BCUT2D eigenvalue weighted by molar-refractivity contribution is 5.94. The summed E-state index contributed by atoms with van der Waals surface area (Å²) >= 11 is 0. The van der Waals surface area contributed by atoms with E-state index in [9.17, 15) is 18.4 Å². The van der Waals surface area contributed by atoms with Crippen LogP contribution in [-0.2, 0) is 14.3 Å². The minimum Gasteiger partial charge on any atom is -0.452 e. The zero-order valence-corrected chi connectivity index (χ0v) is 11.8. The molecule has 0 unspecified atom stereocenters. The molecule has 1 aromatic heterocycles. The lowest BCUT2D eigenvalue weighted by molar-refractivity contribution is -0.142. The lowest BCUT2D eigenvalue weighted by atomic mass is 10.3. The molecule has 0 aliphatic rings. The van der Waals surface area contributed by atoms with E-state index < -0.39 is 30.1 Å². The molecule has 0 radical (unpaired) electrons. The van der Waals surface area contributed by atoms with Gasteiger partial charge in [0.25, 0.3) is 5.91 Å². The molecule has 0 aliphatic carbocycles. The van der Waals surface area contributed by atoms with Crippen molar-refractivity contribution in [2.45, 2.75) is 0 Å². The van der Waals surface area contributed by atoms with Gasteiger partial charge in [-0.3, -0.25) is 9.78 Å². The van der Waals surface area contributed by atoms with Gasteiger partial charge in [-0.25, -0.2) is 13.6 Å². The summed E-state index contributed by atoms with van der Waals surface area (Å²) in [5.41, 5.74) is 0.360. The van der Waals surface area contributed by atoms with Crippen molar-refractivity contribution >= 4 is 23.6 Å². The van der Waals surface area contributed by atoms with Crippen molar-refractivity contribution in [3.63, 3.8) is 0 Å². The molecule has 0 saturated heterocycles. The maximum Gasteiger partial charge on any atom is 0.331 e. The first-order chi connectivity index (χ1) is 11.0. The lowest BCUT2D eigenvalue weighted by Gasteiger charge is -2.06. The summed E-state index contributed by atoms with van der Waals surface area (Å²) in [6.45, 7) is -0.595. The predicted molar refractivity (Wildman–Crippen MR) is 79.2 cm³/mol. The number of carbonyl (C=O) groups is 2. The molecule has 2 rings (SSSR count). The van der Waals surface area contributed by atoms with Crippen LogP contribution in [0.25, 0.3) is 6.08 Å². The third kappa shape index (κ3) is 5.31. The normalized spacial score (nSPS) is 10.5. The molecule has 1 amide bonds. The Labute approximate surface area is 130 Å². The SMILES string of the molecule is O=C(COC(=O)C=Cc1ccccn1)Nc1ccc(F)cc1F. The quantitative estimate of drug-likeness (QED) is 0.679. The summed E-state index contributed by atoms with van der Waals surface area (Å²) in [5.74, 6) is -3.16. The van der Waals surface area contributed by atoms with Gasteiger partial charge in [0.2, 0.25) is 0 Å². The molecule has 2 aromatic rings. The van der Waals surface area contributed by atoms with Gasteiger partial charge in [0.15, 0.2) is 6.61 Å². The van der Waals surface area contributed by atoms with Crippen molar-refractivity contribution in [2.75, 3.05) is 11.9 Å². The van der Waals surface area contributed by atoms with Crippen LogP contribution in [0.15, 0.2) is 48.7 Å². The number of halogens is 2. The Bertz CT molecular complexity index is 733. The van der Waals surface area contributed by atoms with Crippen molar-refractivity contribution in [1.29, 1.82) is 0 Å². The van der Waals surface area contributed by atoms with Crippen LogP contribution in [-0.4, -0.2) is 23.5 Å². The molecule has 1 N–H and O–H groups in total. The highest BCUT2D eigenvalue weighted by Gasteiger charge is 2.09. The van der Waals surface area contributed by atoms with Gasteiger partial charge >= 0.3 is 5.97 Å². The highest BCUT2D eigenvalue weighted by Crippen LogP contribution is 2.14. The summed E-state index contributed by atoms with van der Waals surface area (Å²) in [5, 5.41) is 2.17. The Kier molecular flexibility index (Phi) is 5.51.